The van der Waals surface area contributed by atoms with Gasteiger partial charge in [-0.1, -0.05) is 13.8 Å². The highest BCUT2D eigenvalue weighted by molar-refractivity contribution is 5.07. The first-order valence-corrected chi connectivity index (χ1v) is 4.27. The SMILES string of the molecule is CC(C)Cc1cnc(C(F)(F)F)nc1. The minimum atomic E-state index is -4.45. The number of halogens is 3. The molecule has 0 spiro atoms. The molecule has 14 heavy (non-hydrogen) atoms. The predicted octanol–water partition coefficient (Wildman–Crippen LogP) is 2.69. The predicted molar refractivity (Wildman–Crippen MR) is 45.6 cm³/mol. The summed E-state index contributed by atoms with van der Waals surface area (Å²) in [7, 11) is 0. The molecule has 78 valence electrons. The van der Waals surface area contributed by atoms with Crippen LogP contribution in [0.4, 0.5) is 13.2 Å². The van der Waals surface area contributed by atoms with E-state index in [0.29, 0.717) is 12.3 Å². The number of aromatic nitrogens is 2. The van der Waals surface area contributed by atoms with Gasteiger partial charge in [-0.3, -0.25) is 0 Å². The van der Waals surface area contributed by atoms with Crippen molar-refractivity contribution in [2.24, 2.45) is 5.92 Å². The maximum atomic E-state index is 12.1. The molecule has 5 heteroatoms. The van der Waals surface area contributed by atoms with E-state index in [2.05, 4.69) is 9.97 Å². The molecule has 1 aromatic heterocycles. The Morgan fingerprint density at radius 2 is 1.71 bits per heavy atom. The van der Waals surface area contributed by atoms with Gasteiger partial charge in [0.1, 0.15) is 0 Å². The third kappa shape index (κ3) is 2.97. The monoisotopic (exact) mass is 204 g/mol. The summed E-state index contributed by atoms with van der Waals surface area (Å²) in [6.07, 6.45) is -1.29. The van der Waals surface area contributed by atoms with Gasteiger partial charge < -0.3 is 0 Å². The molecule has 1 rings (SSSR count). The molecule has 0 aliphatic carbocycles. The highest BCUT2D eigenvalue weighted by Crippen LogP contribution is 2.25. The summed E-state index contributed by atoms with van der Waals surface area (Å²) >= 11 is 0. The Morgan fingerprint density at radius 3 is 2.07 bits per heavy atom. The second kappa shape index (κ2) is 3.94. The molecular formula is C9H11F3N2. The van der Waals surface area contributed by atoms with Gasteiger partial charge >= 0.3 is 6.18 Å². The lowest BCUT2D eigenvalue weighted by molar-refractivity contribution is -0.145. The number of hydrogen-bond acceptors (Lipinski definition) is 2. The van der Waals surface area contributed by atoms with Crippen LogP contribution >= 0.6 is 0 Å². The molecule has 0 atom stereocenters. The fourth-order valence-corrected chi connectivity index (χ4v) is 1.08. The molecule has 0 aliphatic rings. The summed E-state index contributed by atoms with van der Waals surface area (Å²) < 4.78 is 36.2. The second-order valence-electron chi connectivity index (χ2n) is 3.51. The molecule has 0 aliphatic heterocycles. The minimum absolute atomic E-state index is 0.385. The van der Waals surface area contributed by atoms with Crippen LogP contribution in [0, 0.1) is 5.92 Å². The van der Waals surface area contributed by atoms with E-state index in [1.165, 1.54) is 12.4 Å². The van der Waals surface area contributed by atoms with Crippen molar-refractivity contribution in [3.8, 4) is 0 Å². The second-order valence-corrected chi connectivity index (χ2v) is 3.51. The van der Waals surface area contributed by atoms with Crippen molar-refractivity contribution >= 4 is 0 Å². The third-order valence-electron chi connectivity index (χ3n) is 1.60. The van der Waals surface area contributed by atoms with Crippen LogP contribution in [0.15, 0.2) is 12.4 Å². The van der Waals surface area contributed by atoms with Crippen LogP contribution in [0.1, 0.15) is 25.2 Å². The Morgan fingerprint density at radius 1 is 1.21 bits per heavy atom. The number of nitrogens with zero attached hydrogens (tertiary/aromatic N) is 2. The van der Waals surface area contributed by atoms with E-state index in [9.17, 15) is 13.2 Å². The van der Waals surface area contributed by atoms with Gasteiger partial charge in [-0.25, -0.2) is 9.97 Å². The molecule has 2 nitrogen and oxygen atoms in total. The molecule has 1 aromatic rings. The first-order chi connectivity index (χ1) is 6.39. The Balaban J connectivity index is 2.79. The van der Waals surface area contributed by atoms with E-state index in [1.54, 1.807) is 0 Å². The van der Waals surface area contributed by atoms with E-state index in [1.807, 2.05) is 13.8 Å². The lowest BCUT2D eigenvalue weighted by Gasteiger charge is -2.06. The molecule has 0 amide bonds. The first kappa shape index (κ1) is 10.9. The van der Waals surface area contributed by atoms with Gasteiger partial charge in [-0.05, 0) is 17.9 Å². The topological polar surface area (TPSA) is 25.8 Å². The van der Waals surface area contributed by atoms with Crippen LogP contribution in [0.2, 0.25) is 0 Å². The van der Waals surface area contributed by atoms with Crippen LogP contribution < -0.4 is 0 Å². The van der Waals surface area contributed by atoms with Crippen molar-refractivity contribution in [2.45, 2.75) is 26.4 Å². The number of hydrogen-bond donors (Lipinski definition) is 0. The molecule has 0 fully saturated rings. The van der Waals surface area contributed by atoms with E-state index >= 15 is 0 Å². The highest BCUT2D eigenvalue weighted by Gasteiger charge is 2.34. The normalized spacial score (nSPS) is 12.1. The number of rotatable bonds is 2. The fourth-order valence-electron chi connectivity index (χ4n) is 1.08. The quantitative estimate of drug-likeness (QED) is 0.740. The number of alkyl halides is 3. The van der Waals surface area contributed by atoms with Crippen molar-refractivity contribution in [3.63, 3.8) is 0 Å². The van der Waals surface area contributed by atoms with Crippen LogP contribution in [0.25, 0.3) is 0 Å². The van der Waals surface area contributed by atoms with Gasteiger partial charge in [-0.15, -0.1) is 0 Å². The largest absolute Gasteiger partial charge is 0.451 e. The minimum Gasteiger partial charge on any atom is -0.233 e. The summed E-state index contributed by atoms with van der Waals surface area (Å²) in [5, 5.41) is 0. The Labute approximate surface area is 80.2 Å². The molecule has 0 unspecified atom stereocenters. The van der Waals surface area contributed by atoms with E-state index in [0.717, 1.165) is 5.56 Å². The van der Waals surface area contributed by atoms with Crippen LogP contribution in [0.3, 0.4) is 0 Å². The zero-order chi connectivity index (χ0) is 10.8. The van der Waals surface area contributed by atoms with Crippen LogP contribution in [0.5, 0.6) is 0 Å². The Bertz CT molecular complexity index is 290. The third-order valence-corrected chi connectivity index (χ3v) is 1.60. The molecule has 0 saturated heterocycles. The lowest BCUT2D eigenvalue weighted by atomic mass is 10.1. The van der Waals surface area contributed by atoms with E-state index < -0.39 is 12.0 Å². The summed E-state index contributed by atoms with van der Waals surface area (Å²) in [4.78, 5) is 6.53. The molecular weight excluding hydrogens is 193 g/mol. The average Bonchev–Trinajstić information content (AvgIpc) is 2.02. The lowest BCUT2D eigenvalue weighted by Crippen LogP contribution is -2.11. The summed E-state index contributed by atoms with van der Waals surface area (Å²) in [5.74, 6) is -0.694. The van der Waals surface area contributed by atoms with Gasteiger partial charge in [0.05, 0.1) is 0 Å². The molecule has 0 radical (unpaired) electrons. The molecule has 0 N–H and O–H groups in total. The van der Waals surface area contributed by atoms with Gasteiger partial charge in [-0.2, -0.15) is 13.2 Å². The van der Waals surface area contributed by atoms with Crippen LogP contribution in [-0.2, 0) is 12.6 Å². The van der Waals surface area contributed by atoms with E-state index in [-0.39, 0.29) is 0 Å². The first-order valence-electron chi connectivity index (χ1n) is 4.27. The Hall–Kier alpha value is -1.13. The van der Waals surface area contributed by atoms with Gasteiger partial charge in [0.2, 0.25) is 5.82 Å². The molecule has 0 saturated carbocycles. The standard InChI is InChI=1S/C9H11F3N2/c1-6(2)3-7-4-13-8(14-5-7)9(10,11)12/h4-6H,3H2,1-2H3. The zero-order valence-electron chi connectivity index (χ0n) is 7.97. The maximum Gasteiger partial charge on any atom is 0.451 e. The van der Waals surface area contributed by atoms with Crippen molar-refractivity contribution in [2.75, 3.05) is 0 Å². The van der Waals surface area contributed by atoms with Crippen LogP contribution in [-0.4, -0.2) is 9.97 Å². The fraction of sp³-hybridized carbons (Fsp3) is 0.556. The average molecular weight is 204 g/mol. The Kier molecular flexibility index (Phi) is 3.08. The van der Waals surface area contributed by atoms with Gasteiger partial charge in [0, 0.05) is 12.4 Å². The smallest absolute Gasteiger partial charge is 0.233 e. The summed E-state index contributed by atoms with van der Waals surface area (Å²) in [5.41, 5.74) is 0.730. The molecule has 0 aromatic carbocycles. The summed E-state index contributed by atoms with van der Waals surface area (Å²) in [6.45, 7) is 3.97. The van der Waals surface area contributed by atoms with Crippen molar-refractivity contribution in [1.29, 1.82) is 0 Å². The van der Waals surface area contributed by atoms with E-state index in [4.69, 9.17) is 0 Å². The van der Waals surface area contributed by atoms with Crippen molar-refractivity contribution < 1.29 is 13.2 Å². The van der Waals surface area contributed by atoms with Crippen molar-refractivity contribution in [1.82, 2.24) is 9.97 Å². The maximum absolute atomic E-state index is 12.1. The summed E-state index contributed by atoms with van der Waals surface area (Å²) in [6, 6.07) is 0. The van der Waals surface area contributed by atoms with Gasteiger partial charge in [0.25, 0.3) is 0 Å². The van der Waals surface area contributed by atoms with Gasteiger partial charge in [0.15, 0.2) is 0 Å². The zero-order valence-corrected chi connectivity index (χ0v) is 7.97. The highest BCUT2D eigenvalue weighted by atomic mass is 19.4. The molecule has 0 bridgehead atoms. The molecule has 1 heterocycles. The van der Waals surface area contributed by atoms with Crippen molar-refractivity contribution in [3.05, 3.63) is 23.8 Å².